The molecule has 5 heteroatoms. The zero-order valence-electron chi connectivity index (χ0n) is 7.86. The first-order valence-corrected chi connectivity index (χ1v) is 6.09. The summed E-state index contributed by atoms with van der Waals surface area (Å²) in [6, 6.07) is 0.569. The Bertz CT molecular complexity index is 329. The van der Waals surface area contributed by atoms with Gasteiger partial charge in [0.05, 0.1) is 12.0 Å². The maximum atomic E-state index is 11.3. The summed E-state index contributed by atoms with van der Waals surface area (Å²) in [4.78, 5) is 13.5. The molecule has 2 saturated heterocycles. The molecule has 2 atom stereocenters. The highest BCUT2D eigenvalue weighted by Gasteiger charge is 2.59. The minimum Gasteiger partial charge on any atom is -0.448 e. The van der Waals surface area contributed by atoms with Gasteiger partial charge in [0.15, 0.2) is 5.44 Å². The zero-order valence-corrected chi connectivity index (χ0v) is 9.49. The van der Waals surface area contributed by atoms with E-state index in [0.717, 1.165) is 4.32 Å². The van der Waals surface area contributed by atoms with Crippen molar-refractivity contribution in [3.63, 3.8) is 0 Å². The fourth-order valence-corrected chi connectivity index (χ4v) is 4.15. The molecule has 0 radical (unpaired) electrons. The molecule has 0 aromatic rings. The summed E-state index contributed by atoms with van der Waals surface area (Å²) in [6.07, 6.45) is 2.90. The lowest BCUT2D eigenvalue weighted by atomic mass is 9.99. The van der Waals surface area contributed by atoms with Crippen molar-refractivity contribution in [1.82, 2.24) is 4.90 Å². The molecule has 76 valence electrons. The molecule has 0 N–H and O–H groups in total. The second-order valence-corrected chi connectivity index (χ2v) is 6.04. The monoisotopic (exact) mass is 229 g/mol. The number of thiocarbonyl (C=S) groups is 1. The van der Waals surface area contributed by atoms with Crippen LogP contribution in [0.25, 0.3) is 0 Å². The molecule has 2 heterocycles. The van der Waals surface area contributed by atoms with Gasteiger partial charge in [-0.15, -0.1) is 0 Å². The number of hydrogen-bond donors (Lipinski definition) is 0. The Morgan fingerprint density at radius 3 is 3.00 bits per heavy atom. The minimum absolute atomic E-state index is 0.0666. The van der Waals surface area contributed by atoms with E-state index in [1.807, 2.05) is 0 Å². The van der Waals surface area contributed by atoms with Gasteiger partial charge in [0.25, 0.3) is 0 Å². The summed E-state index contributed by atoms with van der Waals surface area (Å²) in [6.45, 7) is 2.09. The van der Waals surface area contributed by atoms with Crippen LogP contribution in [0, 0.1) is 0 Å². The van der Waals surface area contributed by atoms with Crippen molar-refractivity contribution in [2.24, 2.45) is 0 Å². The van der Waals surface area contributed by atoms with Gasteiger partial charge in [-0.1, -0.05) is 12.2 Å². The van der Waals surface area contributed by atoms with E-state index < -0.39 is 0 Å². The van der Waals surface area contributed by atoms with Gasteiger partial charge in [0.2, 0.25) is 0 Å². The van der Waals surface area contributed by atoms with Crippen LogP contribution in [-0.4, -0.2) is 32.2 Å². The second-order valence-electron chi connectivity index (χ2n) is 4.34. The SMILES string of the molecule is C[C@]12CC(=O)O[C@H]1SC(=S)N2C1CC1. The average molecular weight is 229 g/mol. The number of thioether (sulfide) groups is 1. The maximum absolute atomic E-state index is 11.3. The first-order valence-electron chi connectivity index (χ1n) is 4.81. The largest absolute Gasteiger partial charge is 0.448 e. The highest BCUT2D eigenvalue weighted by molar-refractivity contribution is 8.23. The van der Waals surface area contributed by atoms with E-state index >= 15 is 0 Å². The van der Waals surface area contributed by atoms with Crippen LogP contribution in [0.1, 0.15) is 26.2 Å². The number of carbonyl (C=O) groups is 1. The molecule has 0 spiro atoms. The Balaban J connectivity index is 1.96. The van der Waals surface area contributed by atoms with Gasteiger partial charge < -0.3 is 9.64 Å². The van der Waals surface area contributed by atoms with E-state index in [2.05, 4.69) is 11.8 Å². The van der Waals surface area contributed by atoms with Crippen molar-refractivity contribution in [1.29, 1.82) is 0 Å². The molecule has 0 aromatic carbocycles. The number of hydrogen-bond acceptors (Lipinski definition) is 4. The average Bonchev–Trinajstić information content (AvgIpc) is 2.77. The van der Waals surface area contributed by atoms with Gasteiger partial charge in [-0.2, -0.15) is 0 Å². The van der Waals surface area contributed by atoms with Crippen molar-refractivity contribution >= 4 is 34.3 Å². The predicted octanol–water partition coefficient (Wildman–Crippen LogP) is 1.51. The second kappa shape index (κ2) is 2.64. The fraction of sp³-hybridized carbons (Fsp3) is 0.778. The number of fused-ring (bicyclic) bond motifs is 1. The molecule has 0 unspecified atom stereocenters. The Kier molecular flexibility index (Phi) is 1.69. The molecule has 3 fully saturated rings. The van der Waals surface area contributed by atoms with Crippen LogP contribution < -0.4 is 0 Å². The van der Waals surface area contributed by atoms with E-state index in [1.165, 1.54) is 24.6 Å². The van der Waals surface area contributed by atoms with Crippen LogP contribution in [0.3, 0.4) is 0 Å². The Hall–Kier alpha value is -0.290. The van der Waals surface area contributed by atoms with Crippen LogP contribution in [0.2, 0.25) is 0 Å². The summed E-state index contributed by atoms with van der Waals surface area (Å²) in [5.74, 6) is -0.0850. The number of rotatable bonds is 1. The Labute approximate surface area is 92.2 Å². The highest BCUT2D eigenvalue weighted by atomic mass is 32.2. The highest BCUT2D eigenvalue weighted by Crippen LogP contribution is 2.51. The quantitative estimate of drug-likeness (QED) is 0.502. The van der Waals surface area contributed by atoms with Gasteiger partial charge in [-0.05, 0) is 31.5 Å². The molecule has 3 aliphatic rings. The van der Waals surface area contributed by atoms with Crippen LogP contribution in [-0.2, 0) is 9.53 Å². The minimum atomic E-state index is -0.167. The fourth-order valence-electron chi connectivity index (χ4n) is 2.27. The van der Waals surface area contributed by atoms with E-state index in [0.29, 0.717) is 12.5 Å². The molecule has 0 amide bonds. The number of esters is 1. The van der Waals surface area contributed by atoms with Crippen LogP contribution >= 0.6 is 24.0 Å². The summed E-state index contributed by atoms with van der Waals surface area (Å²) in [5.41, 5.74) is -0.233. The predicted molar refractivity (Wildman–Crippen MR) is 58.0 cm³/mol. The molecule has 2 aliphatic heterocycles. The molecule has 3 nitrogen and oxygen atoms in total. The molecular weight excluding hydrogens is 218 g/mol. The third-order valence-electron chi connectivity index (χ3n) is 3.12. The smallest absolute Gasteiger partial charge is 0.309 e. The topological polar surface area (TPSA) is 29.5 Å². The molecule has 1 aliphatic carbocycles. The summed E-state index contributed by atoms with van der Waals surface area (Å²) >= 11 is 6.85. The van der Waals surface area contributed by atoms with Gasteiger partial charge in [-0.25, -0.2) is 0 Å². The summed E-state index contributed by atoms with van der Waals surface area (Å²) in [7, 11) is 0. The Morgan fingerprint density at radius 1 is 1.64 bits per heavy atom. The molecule has 14 heavy (non-hydrogen) atoms. The summed E-state index contributed by atoms with van der Waals surface area (Å²) in [5, 5.41) is 0. The number of nitrogens with zero attached hydrogens (tertiary/aromatic N) is 1. The number of ether oxygens (including phenoxy) is 1. The summed E-state index contributed by atoms with van der Waals surface area (Å²) < 4.78 is 6.17. The van der Waals surface area contributed by atoms with E-state index in [4.69, 9.17) is 17.0 Å². The van der Waals surface area contributed by atoms with Crippen molar-refractivity contribution in [2.45, 2.75) is 43.2 Å². The van der Waals surface area contributed by atoms with Crippen LogP contribution in [0.5, 0.6) is 0 Å². The van der Waals surface area contributed by atoms with Gasteiger partial charge >= 0.3 is 5.97 Å². The van der Waals surface area contributed by atoms with E-state index in [-0.39, 0.29) is 16.9 Å². The number of carbonyl (C=O) groups excluding carboxylic acids is 1. The maximum Gasteiger partial charge on any atom is 0.309 e. The van der Waals surface area contributed by atoms with Gasteiger partial charge in [0, 0.05) is 6.04 Å². The van der Waals surface area contributed by atoms with Crippen LogP contribution in [0.15, 0.2) is 0 Å². The normalized spacial score (nSPS) is 41.5. The van der Waals surface area contributed by atoms with E-state index in [9.17, 15) is 4.79 Å². The van der Waals surface area contributed by atoms with Crippen molar-refractivity contribution in [3.8, 4) is 0 Å². The first-order chi connectivity index (χ1) is 6.61. The van der Waals surface area contributed by atoms with Crippen molar-refractivity contribution in [2.75, 3.05) is 0 Å². The molecule has 1 saturated carbocycles. The molecule has 0 bridgehead atoms. The van der Waals surface area contributed by atoms with Gasteiger partial charge in [-0.3, -0.25) is 4.79 Å². The van der Waals surface area contributed by atoms with E-state index in [1.54, 1.807) is 0 Å². The lowest BCUT2D eigenvalue weighted by Gasteiger charge is -2.32. The third kappa shape index (κ3) is 1.05. The molecular formula is C9H11NO2S2. The van der Waals surface area contributed by atoms with Crippen LogP contribution in [0.4, 0.5) is 0 Å². The van der Waals surface area contributed by atoms with Gasteiger partial charge in [0.1, 0.15) is 4.32 Å². The lowest BCUT2D eigenvalue weighted by Crippen LogP contribution is -2.47. The lowest BCUT2D eigenvalue weighted by molar-refractivity contribution is -0.138. The van der Waals surface area contributed by atoms with Crippen molar-refractivity contribution in [3.05, 3.63) is 0 Å². The van der Waals surface area contributed by atoms with Crippen molar-refractivity contribution < 1.29 is 9.53 Å². The molecule has 3 rings (SSSR count). The Morgan fingerprint density at radius 2 is 2.36 bits per heavy atom. The third-order valence-corrected chi connectivity index (χ3v) is 4.82. The standard InChI is InChI=1S/C9H11NO2S2/c1-9-4-6(11)12-7(9)14-8(13)10(9)5-2-3-5/h5,7H,2-4H2,1H3/t7-,9-/m0/s1. The first kappa shape index (κ1) is 8.97. The zero-order chi connectivity index (χ0) is 9.92. The molecule has 0 aromatic heterocycles.